The van der Waals surface area contributed by atoms with E-state index in [1.807, 2.05) is 0 Å². The zero-order valence-electron chi connectivity index (χ0n) is 18.0. The van der Waals surface area contributed by atoms with Gasteiger partial charge in [-0.2, -0.15) is 9.61 Å². The molecule has 3 aromatic heterocycles. The number of sulfonamides is 1. The molecule has 0 bridgehead atoms. The number of aromatic nitrogens is 5. The molecule has 0 atom stereocenters. The van der Waals surface area contributed by atoms with Crippen LogP contribution in [0.25, 0.3) is 28.0 Å². The maximum absolute atomic E-state index is 12.1. The molecule has 0 unspecified atom stereocenters. The van der Waals surface area contributed by atoms with Gasteiger partial charge in [-0.3, -0.25) is 0 Å². The van der Waals surface area contributed by atoms with Gasteiger partial charge in [0.05, 0.1) is 17.7 Å². The molecule has 0 amide bonds. The highest BCUT2D eigenvalue weighted by Gasteiger charge is 2.19. The number of hydrogen-bond donors (Lipinski definition) is 2. The first-order valence-electron chi connectivity index (χ1n) is 9.71. The lowest BCUT2D eigenvalue weighted by Crippen LogP contribution is -2.14. The summed E-state index contributed by atoms with van der Waals surface area (Å²) < 4.78 is 31.1. The Morgan fingerprint density at radius 2 is 1.88 bits per heavy atom. The molecule has 0 saturated heterocycles. The maximum atomic E-state index is 12.1. The van der Waals surface area contributed by atoms with Crippen LogP contribution in [0.2, 0.25) is 0 Å². The number of methoxy groups -OCH3 is 1. The van der Waals surface area contributed by atoms with Crippen LogP contribution in [0.3, 0.4) is 0 Å². The molecule has 4 aromatic rings. The molecule has 0 saturated carbocycles. The first-order chi connectivity index (χ1) is 15.6. The third-order valence-electron chi connectivity index (χ3n) is 4.57. The van der Waals surface area contributed by atoms with Gasteiger partial charge in [0.25, 0.3) is 0 Å². The molecule has 168 valence electrons. The molecule has 10 nitrogen and oxygen atoms in total. The van der Waals surface area contributed by atoms with Crippen molar-refractivity contribution >= 4 is 15.7 Å². The van der Waals surface area contributed by atoms with E-state index in [1.165, 1.54) is 17.7 Å². The Labute approximate surface area is 190 Å². The van der Waals surface area contributed by atoms with Crippen LogP contribution in [0.1, 0.15) is 19.7 Å². The third-order valence-corrected chi connectivity index (χ3v) is 5.54. The van der Waals surface area contributed by atoms with Crippen molar-refractivity contribution in [1.29, 1.82) is 0 Å². The van der Waals surface area contributed by atoms with E-state index in [0.29, 0.717) is 28.0 Å². The summed E-state index contributed by atoms with van der Waals surface area (Å²) in [5.74, 6) is 5.96. The van der Waals surface area contributed by atoms with E-state index >= 15 is 0 Å². The fourth-order valence-corrected chi connectivity index (χ4v) is 3.87. The molecule has 4 rings (SSSR count). The predicted octanol–water partition coefficient (Wildman–Crippen LogP) is 1.63. The van der Waals surface area contributed by atoms with Crippen molar-refractivity contribution in [2.45, 2.75) is 24.3 Å². The number of benzene rings is 1. The second kappa shape index (κ2) is 8.25. The van der Waals surface area contributed by atoms with Gasteiger partial charge in [-0.25, -0.2) is 18.5 Å². The van der Waals surface area contributed by atoms with Crippen LogP contribution in [-0.4, -0.2) is 51.0 Å². The van der Waals surface area contributed by atoms with Gasteiger partial charge in [-0.05, 0) is 44.0 Å². The van der Waals surface area contributed by atoms with Crippen LogP contribution in [0.5, 0.6) is 5.88 Å². The molecule has 0 spiro atoms. The van der Waals surface area contributed by atoms with Gasteiger partial charge in [-0.15, -0.1) is 10.2 Å². The van der Waals surface area contributed by atoms with E-state index in [1.54, 1.807) is 56.4 Å². The van der Waals surface area contributed by atoms with E-state index in [4.69, 9.17) is 9.88 Å². The fraction of sp³-hybridized carbons (Fsp3) is 0.182. The van der Waals surface area contributed by atoms with Gasteiger partial charge >= 0.3 is 0 Å². The van der Waals surface area contributed by atoms with Crippen LogP contribution in [0, 0.1) is 11.8 Å². The Morgan fingerprint density at radius 1 is 1.12 bits per heavy atom. The Morgan fingerprint density at radius 3 is 2.58 bits per heavy atom. The number of aliphatic hydroxyl groups is 1. The summed E-state index contributed by atoms with van der Waals surface area (Å²) in [4.78, 5) is 4.28. The lowest BCUT2D eigenvalue weighted by molar-refractivity contribution is 0.143. The topological polar surface area (TPSA) is 146 Å². The van der Waals surface area contributed by atoms with E-state index in [9.17, 15) is 13.5 Å². The molecule has 0 radical (unpaired) electrons. The number of pyridine rings is 1. The molecule has 3 heterocycles. The SMILES string of the molecule is COc1ncc(-c2ccc3nnc(C#CC(C)(C)O)n3n2)cc1-c1ccccc1S(N)(=O)=O. The quantitative estimate of drug-likeness (QED) is 0.434. The maximum Gasteiger partial charge on any atom is 0.238 e. The van der Waals surface area contributed by atoms with Crippen LogP contribution in [-0.2, 0) is 10.0 Å². The van der Waals surface area contributed by atoms with Crippen LogP contribution < -0.4 is 9.88 Å². The highest BCUT2D eigenvalue weighted by molar-refractivity contribution is 7.89. The zero-order valence-corrected chi connectivity index (χ0v) is 18.8. The fourth-order valence-electron chi connectivity index (χ4n) is 3.11. The van der Waals surface area contributed by atoms with Crippen molar-refractivity contribution in [3.05, 3.63) is 54.5 Å². The number of nitrogens with two attached hydrogens (primary N) is 1. The minimum atomic E-state index is -3.98. The second-order valence-corrected chi connectivity index (χ2v) is 9.17. The first kappa shape index (κ1) is 22.3. The number of fused-ring (bicyclic) bond motifs is 1. The minimum absolute atomic E-state index is 0.0475. The summed E-state index contributed by atoms with van der Waals surface area (Å²) in [6.07, 6.45) is 1.56. The zero-order chi connectivity index (χ0) is 23.8. The van der Waals surface area contributed by atoms with E-state index in [-0.39, 0.29) is 16.6 Å². The molecule has 0 aliphatic heterocycles. The standard InChI is InChI=1S/C22H20N6O4S/c1-22(2,29)11-10-20-26-25-19-9-8-17(27-28(19)20)14-12-16(21(32-3)24-13-14)15-6-4-5-7-18(15)33(23,30)31/h4-9,12-13,29H,1-3H3,(H2,23,30,31). The van der Waals surface area contributed by atoms with Crippen molar-refractivity contribution in [1.82, 2.24) is 24.8 Å². The van der Waals surface area contributed by atoms with Crippen LogP contribution >= 0.6 is 0 Å². The molecule has 11 heteroatoms. The van der Waals surface area contributed by atoms with Crippen molar-refractivity contribution in [3.8, 4) is 40.1 Å². The molecule has 0 aliphatic rings. The van der Waals surface area contributed by atoms with E-state index in [0.717, 1.165) is 0 Å². The number of rotatable bonds is 4. The molecular formula is C22H20N6O4S. The Hall–Kier alpha value is -3.85. The minimum Gasteiger partial charge on any atom is -0.481 e. The highest BCUT2D eigenvalue weighted by atomic mass is 32.2. The van der Waals surface area contributed by atoms with Crippen LogP contribution in [0.4, 0.5) is 0 Å². The summed E-state index contributed by atoms with van der Waals surface area (Å²) in [6.45, 7) is 3.12. The molecule has 0 fully saturated rings. The van der Waals surface area contributed by atoms with Crippen molar-refractivity contribution < 1.29 is 18.3 Å². The number of ether oxygens (including phenoxy) is 1. The van der Waals surface area contributed by atoms with Gasteiger partial charge in [0.15, 0.2) is 5.65 Å². The number of hydrogen-bond acceptors (Lipinski definition) is 8. The lowest BCUT2D eigenvalue weighted by Gasteiger charge is -2.12. The van der Waals surface area contributed by atoms with Crippen molar-refractivity contribution in [2.24, 2.45) is 5.14 Å². The number of nitrogens with zero attached hydrogens (tertiary/aromatic N) is 5. The smallest absolute Gasteiger partial charge is 0.238 e. The van der Waals surface area contributed by atoms with Crippen molar-refractivity contribution in [2.75, 3.05) is 7.11 Å². The molecular weight excluding hydrogens is 444 g/mol. The Bertz CT molecular complexity index is 1530. The van der Waals surface area contributed by atoms with Gasteiger partial charge < -0.3 is 9.84 Å². The normalized spacial score (nSPS) is 11.8. The third kappa shape index (κ3) is 4.68. The van der Waals surface area contributed by atoms with Crippen LogP contribution in [0.15, 0.2) is 53.6 Å². The first-order valence-corrected chi connectivity index (χ1v) is 11.3. The predicted molar refractivity (Wildman–Crippen MR) is 121 cm³/mol. The van der Waals surface area contributed by atoms with Crippen molar-refractivity contribution in [3.63, 3.8) is 0 Å². The van der Waals surface area contributed by atoms with E-state index < -0.39 is 15.6 Å². The molecule has 3 N–H and O–H groups in total. The summed E-state index contributed by atoms with van der Waals surface area (Å²) in [5, 5.41) is 27.9. The second-order valence-electron chi connectivity index (χ2n) is 7.64. The summed E-state index contributed by atoms with van der Waals surface area (Å²) in [7, 11) is -2.54. The summed E-state index contributed by atoms with van der Waals surface area (Å²) in [5.41, 5.74) is 1.17. The summed E-state index contributed by atoms with van der Waals surface area (Å²) >= 11 is 0. The lowest BCUT2D eigenvalue weighted by atomic mass is 10.0. The molecule has 33 heavy (non-hydrogen) atoms. The van der Waals surface area contributed by atoms with Gasteiger partial charge in [0, 0.05) is 22.9 Å². The largest absolute Gasteiger partial charge is 0.481 e. The Kier molecular flexibility index (Phi) is 5.59. The van der Waals surface area contributed by atoms with Gasteiger partial charge in [0.2, 0.25) is 21.7 Å². The summed E-state index contributed by atoms with van der Waals surface area (Å²) in [6, 6.07) is 11.5. The van der Waals surface area contributed by atoms with Gasteiger partial charge in [0.1, 0.15) is 5.60 Å². The molecule has 0 aliphatic carbocycles. The monoisotopic (exact) mass is 464 g/mol. The average molecular weight is 465 g/mol. The van der Waals surface area contributed by atoms with E-state index in [2.05, 4.69) is 32.1 Å². The molecule has 1 aromatic carbocycles. The highest BCUT2D eigenvalue weighted by Crippen LogP contribution is 2.35. The average Bonchev–Trinajstić information content (AvgIpc) is 3.18. The Balaban J connectivity index is 1.88. The van der Waals surface area contributed by atoms with Gasteiger partial charge in [-0.1, -0.05) is 24.1 Å². The number of primary sulfonamides is 1.